The van der Waals surface area contributed by atoms with Crippen molar-refractivity contribution in [2.45, 2.75) is 47.1 Å². The van der Waals surface area contributed by atoms with E-state index in [1.54, 1.807) is 0 Å². The maximum Gasteiger partial charge on any atom is 0.0606 e. The first-order valence-corrected chi connectivity index (χ1v) is 5.70. The monoisotopic (exact) mass is 206 g/mol. The van der Waals surface area contributed by atoms with Gasteiger partial charge in [-0.05, 0) is 45.2 Å². The number of hydrogen-bond acceptors (Lipinski definition) is 2. The number of nitrogens with one attached hydrogen (secondary N) is 1. The molecule has 1 heterocycles. The summed E-state index contributed by atoms with van der Waals surface area (Å²) in [4.78, 5) is 4.44. The van der Waals surface area contributed by atoms with Crippen LogP contribution in [0.1, 0.15) is 38.6 Å². The van der Waals surface area contributed by atoms with Gasteiger partial charge in [0.25, 0.3) is 0 Å². The van der Waals surface area contributed by atoms with E-state index < -0.39 is 0 Å². The molecule has 0 radical (unpaired) electrons. The highest BCUT2D eigenvalue weighted by Gasteiger charge is 2.06. The van der Waals surface area contributed by atoms with Crippen molar-refractivity contribution in [3.05, 3.63) is 23.5 Å². The summed E-state index contributed by atoms with van der Waals surface area (Å²) in [5.41, 5.74) is 3.33. The van der Waals surface area contributed by atoms with E-state index in [1.807, 2.05) is 6.92 Å². The quantitative estimate of drug-likeness (QED) is 0.815. The summed E-state index contributed by atoms with van der Waals surface area (Å²) in [5.74, 6) is 0.728. The number of nitrogens with zero attached hydrogens (tertiary/aromatic N) is 1. The summed E-state index contributed by atoms with van der Waals surface area (Å²) >= 11 is 0. The first kappa shape index (κ1) is 12.0. The van der Waals surface area contributed by atoms with Crippen LogP contribution in [0.3, 0.4) is 0 Å². The average Bonchev–Trinajstić information content (AvgIpc) is 2.08. The Morgan fingerprint density at radius 1 is 1.20 bits per heavy atom. The molecule has 2 heteroatoms. The Labute approximate surface area is 93.1 Å². The summed E-state index contributed by atoms with van der Waals surface area (Å²) in [5, 5.41) is 3.51. The normalized spacial score (nSPS) is 12.9. The van der Waals surface area contributed by atoms with Crippen LogP contribution in [0.2, 0.25) is 0 Å². The highest BCUT2D eigenvalue weighted by molar-refractivity contribution is 5.48. The van der Waals surface area contributed by atoms with Crippen LogP contribution in [0.15, 0.2) is 12.1 Å². The van der Waals surface area contributed by atoms with Crippen molar-refractivity contribution >= 4 is 5.69 Å². The lowest BCUT2D eigenvalue weighted by Crippen LogP contribution is -2.18. The highest BCUT2D eigenvalue weighted by atomic mass is 14.9. The van der Waals surface area contributed by atoms with Crippen LogP contribution >= 0.6 is 0 Å². The van der Waals surface area contributed by atoms with Gasteiger partial charge in [-0.2, -0.15) is 0 Å². The van der Waals surface area contributed by atoms with Gasteiger partial charge < -0.3 is 5.32 Å². The lowest BCUT2D eigenvalue weighted by atomic mass is 10.0. The minimum Gasteiger partial charge on any atom is -0.381 e. The van der Waals surface area contributed by atoms with E-state index in [-0.39, 0.29) is 0 Å². The molecule has 0 aliphatic carbocycles. The Bertz CT molecular complexity index is 318. The molecule has 84 valence electrons. The van der Waals surface area contributed by atoms with Crippen LogP contribution in [-0.2, 0) is 0 Å². The molecule has 1 aromatic rings. The number of rotatable bonds is 4. The number of aromatic nitrogens is 1. The minimum atomic E-state index is 0.508. The van der Waals surface area contributed by atoms with E-state index >= 15 is 0 Å². The first-order chi connectivity index (χ1) is 6.99. The molecule has 0 saturated carbocycles. The molecule has 1 aromatic heterocycles. The van der Waals surface area contributed by atoms with Crippen molar-refractivity contribution in [2.24, 2.45) is 5.92 Å². The summed E-state index contributed by atoms with van der Waals surface area (Å²) in [6.07, 6.45) is 1.19. The second kappa shape index (κ2) is 5.15. The summed E-state index contributed by atoms with van der Waals surface area (Å²) in [6, 6.07) is 4.68. The standard InChI is InChI=1S/C13H22N2/c1-9(2)8-11(4)15-13-7-6-10(3)14-12(13)5/h6-7,9,11,15H,8H2,1-5H3. The lowest BCUT2D eigenvalue weighted by Gasteiger charge is -2.18. The van der Waals surface area contributed by atoms with Gasteiger partial charge in [-0.3, -0.25) is 4.98 Å². The molecule has 0 saturated heterocycles. The Morgan fingerprint density at radius 2 is 1.87 bits per heavy atom. The second-order valence-corrected chi connectivity index (χ2v) is 4.76. The molecular weight excluding hydrogens is 184 g/mol. The zero-order valence-electron chi connectivity index (χ0n) is 10.5. The SMILES string of the molecule is Cc1ccc(NC(C)CC(C)C)c(C)n1. The van der Waals surface area contributed by atoms with Gasteiger partial charge in [0.05, 0.1) is 11.4 Å². The van der Waals surface area contributed by atoms with Crippen molar-refractivity contribution < 1.29 is 0 Å². The summed E-state index contributed by atoms with van der Waals surface area (Å²) < 4.78 is 0. The van der Waals surface area contributed by atoms with Gasteiger partial charge in [0.2, 0.25) is 0 Å². The van der Waals surface area contributed by atoms with Crippen LogP contribution < -0.4 is 5.32 Å². The van der Waals surface area contributed by atoms with Gasteiger partial charge in [0.1, 0.15) is 0 Å². The van der Waals surface area contributed by atoms with Gasteiger partial charge in [-0.15, -0.1) is 0 Å². The molecular formula is C13H22N2. The Kier molecular flexibility index (Phi) is 4.13. The maximum absolute atomic E-state index is 4.44. The van der Waals surface area contributed by atoms with E-state index in [1.165, 1.54) is 6.42 Å². The summed E-state index contributed by atoms with van der Waals surface area (Å²) in [6.45, 7) is 10.8. The van der Waals surface area contributed by atoms with Crippen molar-refractivity contribution in [1.29, 1.82) is 0 Å². The number of anilines is 1. The molecule has 2 nitrogen and oxygen atoms in total. The molecule has 1 N–H and O–H groups in total. The topological polar surface area (TPSA) is 24.9 Å². The van der Waals surface area contributed by atoms with E-state index in [9.17, 15) is 0 Å². The van der Waals surface area contributed by atoms with Gasteiger partial charge in [-0.1, -0.05) is 13.8 Å². The number of aryl methyl sites for hydroxylation is 2. The maximum atomic E-state index is 4.44. The summed E-state index contributed by atoms with van der Waals surface area (Å²) in [7, 11) is 0. The van der Waals surface area contributed by atoms with E-state index in [0.29, 0.717) is 6.04 Å². The molecule has 1 atom stereocenters. The predicted molar refractivity (Wildman–Crippen MR) is 66.3 cm³/mol. The van der Waals surface area contributed by atoms with E-state index in [4.69, 9.17) is 0 Å². The second-order valence-electron chi connectivity index (χ2n) is 4.76. The molecule has 0 fully saturated rings. The zero-order chi connectivity index (χ0) is 11.4. The molecule has 1 unspecified atom stereocenters. The Balaban J connectivity index is 2.64. The van der Waals surface area contributed by atoms with Gasteiger partial charge in [0.15, 0.2) is 0 Å². The van der Waals surface area contributed by atoms with Gasteiger partial charge in [0, 0.05) is 11.7 Å². The van der Waals surface area contributed by atoms with Crippen LogP contribution in [0.5, 0.6) is 0 Å². The van der Waals surface area contributed by atoms with Crippen LogP contribution in [0, 0.1) is 19.8 Å². The third-order valence-electron chi connectivity index (χ3n) is 2.45. The molecule has 0 spiro atoms. The van der Waals surface area contributed by atoms with E-state index in [2.05, 4.69) is 50.1 Å². The van der Waals surface area contributed by atoms with Crippen molar-refractivity contribution in [3.63, 3.8) is 0 Å². The van der Waals surface area contributed by atoms with Crippen molar-refractivity contribution in [1.82, 2.24) is 4.98 Å². The molecule has 0 aromatic carbocycles. The van der Waals surface area contributed by atoms with Crippen molar-refractivity contribution in [2.75, 3.05) is 5.32 Å². The highest BCUT2D eigenvalue weighted by Crippen LogP contribution is 2.16. The minimum absolute atomic E-state index is 0.508. The molecule has 0 aliphatic heterocycles. The lowest BCUT2D eigenvalue weighted by molar-refractivity contribution is 0.539. The fourth-order valence-electron chi connectivity index (χ4n) is 1.87. The third kappa shape index (κ3) is 3.90. The fourth-order valence-corrected chi connectivity index (χ4v) is 1.87. The predicted octanol–water partition coefficient (Wildman–Crippen LogP) is 3.54. The fraction of sp³-hybridized carbons (Fsp3) is 0.615. The molecule has 0 aliphatic rings. The molecule has 0 bridgehead atoms. The Morgan fingerprint density at radius 3 is 2.40 bits per heavy atom. The number of hydrogen-bond donors (Lipinski definition) is 1. The molecule has 0 amide bonds. The van der Waals surface area contributed by atoms with Crippen LogP contribution in [-0.4, -0.2) is 11.0 Å². The van der Waals surface area contributed by atoms with Crippen molar-refractivity contribution in [3.8, 4) is 0 Å². The molecule has 15 heavy (non-hydrogen) atoms. The van der Waals surface area contributed by atoms with Gasteiger partial charge >= 0.3 is 0 Å². The van der Waals surface area contributed by atoms with Crippen LogP contribution in [0.25, 0.3) is 0 Å². The molecule has 1 rings (SSSR count). The number of pyridine rings is 1. The smallest absolute Gasteiger partial charge is 0.0606 e. The van der Waals surface area contributed by atoms with E-state index in [0.717, 1.165) is 23.0 Å². The average molecular weight is 206 g/mol. The van der Waals surface area contributed by atoms with Crippen LogP contribution in [0.4, 0.5) is 5.69 Å². The van der Waals surface area contributed by atoms with Gasteiger partial charge in [-0.25, -0.2) is 0 Å². The first-order valence-electron chi connectivity index (χ1n) is 5.70. The largest absolute Gasteiger partial charge is 0.381 e. The zero-order valence-corrected chi connectivity index (χ0v) is 10.5. The third-order valence-corrected chi connectivity index (χ3v) is 2.45. The Hall–Kier alpha value is -1.05.